The van der Waals surface area contributed by atoms with E-state index in [1.165, 1.54) is 0 Å². The smallest absolute Gasteiger partial charge is 0.384 e. The highest BCUT2D eigenvalue weighted by molar-refractivity contribution is 4.65. The van der Waals surface area contributed by atoms with Crippen molar-refractivity contribution in [2.24, 2.45) is 0 Å². The Balaban J connectivity index is 3.54. The number of alkyl halides is 3. The first-order valence-electron chi connectivity index (χ1n) is 1.52. The molecule has 0 aliphatic carbocycles. The topological polar surface area (TPSA) is 20.2 Å². The van der Waals surface area contributed by atoms with Crippen LogP contribution in [0, 0.1) is 6.92 Å². The Bertz CT molecular complexity index is 55.7. The molecule has 0 rings (SSSR count). The largest absolute Gasteiger partial charge is 0.414 e. The molecule has 0 saturated carbocycles. The predicted octanol–water partition coefficient (Wildman–Crippen LogP) is 0.744. The summed E-state index contributed by atoms with van der Waals surface area (Å²) in [7, 11) is 0. The number of halogens is 3. The SMILES string of the molecule is [CH2][C@H](O)C(F)(F)F. The average molecular weight is 113 g/mol. The van der Waals surface area contributed by atoms with E-state index in [1.54, 1.807) is 0 Å². The summed E-state index contributed by atoms with van der Waals surface area (Å²) in [5.74, 6) is 0. The van der Waals surface area contributed by atoms with Gasteiger partial charge in [0.1, 0.15) is 6.10 Å². The zero-order chi connectivity index (χ0) is 6.08. The van der Waals surface area contributed by atoms with Gasteiger partial charge in [-0.3, -0.25) is 0 Å². The van der Waals surface area contributed by atoms with Crippen molar-refractivity contribution in [1.29, 1.82) is 0 Å². The summed E-state index contributed by atoms with van der Waals surface area (Å²) in [6.07, 6.45) is -7.01. The Hall–Kier alpha value is -0.250. The van der Waals surface area contributed by atoms with Crippen molar-refractivity contribution < 1.29 is 18.3 Å². The van der Waals surface area contributed by atoms with E-state index in [0.29, 0.717) is 0 Å². The van der Waals surface area contributed by atoms with Gasteiger partial charge >= 0.3 is 6.18 Å². The Labute approximate surface area is 38.8 Å². The monoisotopic (exact) mass is 113 g/mol. The molecule has 43 valence electrons. The van der Waals surface area contributed by atoms with Crippen LogP contribution in [0.15, 0.2) is 0 Å². The lowest BCUT2D eigenvalue weighted by molar-refractivity contribution is -0.188. The molecule has 1 atom stereocenters. The van der Waals surface area contributed by atoms with Gasteiger partial charge in [0.25, 0.3) is 0 Å². The van der Waals surface area contributed by atoms with Gasteiger partial charge in [0, 0.05) is 0 Å². The molecule has 1 radical (unpaired) electrons. The molecule has 0 aromatic heterocycles. The maximum atomic E-state index is 10.9. The lowest BCUT2D eigenvalue weighted by Crippen LogP contribution is -2.24. The molecule has 0 aromatic carbocycles. The van der Waals surface area contributed by atoms with Crippen molar-refractivity contribution in [2.75, 3.05) is 0 Å². The first-order valence-corrected chi connectivity index (χ1v) is 1.52. The predicted molar refractivity (Wildman–Crippen MR) is 17.4 cm³/mol. The molecule has 0 saturated heterocycles. The molecule has 0 aliphatic rings. The van der Waals surface area contributed by atoms with Crippen molar-refractivity contribution in [3.8, 4) is 0 Å². The van der Waals surface area contributed by atoms with Crippen LogP contribution in [0.2, 0.25) is 0 Å². The van der Waals surface area contributed by atoms with Gasteiger partial charge in [-0.05, 0) is 6.92 Å². The van der Waals surface area contributed by atoms with Gasteiger partial charge in [-0.1, -0.05) is 0 Å². The van der Waals surface area contributed by atoms with Crippen molar-refractivity contribution in [1.82, 2.24) is 0 Å². The van der Waals surface area contributed by atoms with Crippen molar-refractivity contribution in [3.05, 3.63) is 6.92 Å². The lowest BCUT2D eigenvalue weighted by atomic mass is 10.4. The van der Waals surface area contributed by atoms with Crippen LogP contribution in [0.3, 0.4) is 0 Å². The lowest BCUT2D eigenvalue weighted by Gasteiger charge is -2.06. The molecule has 7 heavy (non-hydrogen) atoms. The van der Waals surface area contributed by atoms with Crippen LogP contribution in [-0.2, 0) is 0 Å². The molecule has 1 N–H and O–H groups in total. The van der Waals surface area contributed by atoms with Crippen LogP contribution in [0.1, 0.15) is 0 Å². The van der Waals surface area contributed by atoms with Gasteiger partial charge in [0.15, 0.2) is 0 Å². The summed E-state index contributed by atoms with van der Waals surface area (Å²) in [5.41, 5.74) is 0. The first-order chi connectivity index (χ1) is 2.94. The molecule has 0 heterocycles. The van der Waals surface area contributed by atoms with Crippen LogP contribution in [0.4, 0.5) is 13.2 Å². The van der Waals surface area contributed by atoms with E-state index < -0.39 is 12.3 Å². The molecule has 0 bridgehead atoms. The van der Waals surface area contributed by atoms with Gasteiger partial charge < -0.3 is 5.11 Å². The van der Waals surface area contributed by atoms with Gasteiger partial charge in [-0.15, -0.1) is 0 Å². The third-order valence-electron chi connectivity index (χ3n) is 0.378. The van der Waals surface area contributed by atoms with Gasteiger partial charge in [-0.25, -0.2) is 0 Å². The van der Waals surface area contributed by atoms with E-state index in [1.807, 2.05) is 0 Å². The molecule has 4 heteroatoms. The fraction of sp³-hybridized carbons (Fsp3) is 0.667. The highest BCUT2D eigenvalue weighted by Crippen LogP contribution is 2.18. The van der Waals surface area contributed by atoms with E-state index in [4.69, 9.17) is 5.11 Å². The first kappa shape index (κ1) is 6.75. The standard InChI is InChI=1S/C3H4F3O/c1-2(7)3(4,5)6/h2,7H,1H2/t2-/m0/s1. The second kappa shape index (κ2) is 1.69. The minimum absolute atomic E-state index is 2.34. The Morgan fingerprint density at radius 3 is 1.57 bits per heavy atom. The third kappa shape index (κ3) is 2.45. The molecule has 0 fully saturated rings. The van der Waals surface area contributed by atoms with E-state index in [0.717, 1.165) is 0 Å². The maximum absolute atomic E-state index is 10.9. The Kier molecular flexibility index (Phi) is 1.63. The molecule has 0 amide bonds. The number of aliphatic hydroxyl groups is 1. The fourth-order valence-corrected chi connectivity index (χ4v) is 0. The van der Waals surface area contributed by atoms with E-state index in [-0.39, 0.29) is 0 Å². The van der Waals surface area contributed by atoms with E-state index in [2.05, 4.69) is 6.92 Å². The second-order valence-corrected chi connectivity index (χ2v) is 1.06. The normalized spacial score (nSPS) is 16.7. The summed E-state index contributed by atoms with van der Waals surface area (Å²) >= 11 is 0. The minimum atomic E-state index is -4.56. The summed E-state index contributed by atoms with van der Waals surface area (Å²) in [6, 6.07) is 0. The van der Waals surface area contributed by atoms with Crippen LogP contribution < -0.4 is 0 Å². The number of aliphatic hydroxyl groups excluding tert-OH is 1. The molecular formula is C3H4F3O. The van der Waals surface area contributed by atoms with Gasteiger partial charge in [0.2, 0.25) is 0 Å². The summed E-state index contributed by atoms with van der Waals surface area (Å²) in [5, 5.41) is 7.65. The van der Waals surface area contributed by atoms with Crippen LogP contribution >= 0.6 is 0 Å². The molecule has 0 spiro atoms. The summed E-state index contributed by atoms with van der Waals surface area (Å²) in [6.45, 7) is 2.34. The maximum Gasteiger partial charge on any atom is 0.414 e. The van der Waals surface area contributed by atoms with Gasteiger partial charge in [-0.2, -0.15) is 13.2 Å². The Morgan fingerprint density at radius 1 is 1.43 bits per heavy atom. The number of hydrogen-bond donors (Lipinski definition) is 1. The highest BCUT2D eigenvalue weighted by Gasteiger charge is 2.34. The van der Waals surface area contributed by atoms with Crippen LogP contribution in [-0.4, -0.2) is 17.4 Å². The average Bonchev–Trinajstić information content (AvgIpc) is 1.31. The molecule has 0 aromatic rings. The quantitative estimate of drug-likeness (QED) is 0.491. The number of hydrogen-bond acceptors (Lipinski definition) is 1. The zero-order valence-corrected chi connectivity index (χ0v) is 3.37. The fourth-order valence-electron chi connectivity index (χ4n) is 0. The molecule has 0 unspecified atom stereocenters. The van der Waals surface area contributed by atoms with Crippen molar-refractivity contribution >= 4 is 0 Å². The van der Waals surface area contributed by atoms with Crippen molar-refractivity contribution in [2.45, 2.75) is 12.3 Å². The van der Waals surface area contributed by atoms with Crippen molar-refractivity contribution in [3.63, 3.8) is 0 Å². The van der Waals surface area contributed by atoms with E-state index in [9.17, 15) is 13.2 Å². The summed E-state index contributed by atoms with van der Waals surface area (Å²) in [4.78, 5) is 0. The van der Waals surface area contributed by atoms with Crippen LogP contribution in [0.25, 0.3) is 0 Å². The van der Waals surface area contributed by atoms with Crippen LogP contribution in [0.5, 0.6) is 0 Å². The number of rotatable bonds is 0. The third-order valence-corrected chi connectivity index (χ3v) is 0.378. The molecule has 0 aliphatic heterocycles. The minimum Gasteiger partial charge on any atom is -0.384 e. The van der Waals surface area contributed by atoms with Gasteiger partial charge in [0.05, 0.1) is 0 Å². The molecule has 1 nitrogen and oxygen atoms in total. The molecular weight excluding hydrogens is 109 g/mol. The second-order valence-electron chi connectivity index (χ2n) is 1.06. The zero-order valence-electron chi connectivity index (χ0n) is 3.37. The Morgan fingerprint density at radius 2 is 1.57 bits per heavy atom. The highest BCUT2D eigenvalue weighted by atomic mass is 19.4. The van der Waals surface area contributed by atoms with E-state index >= 15 is 0 Å². The summed E-state index contributed by atoms with van der Waals surface area (Å²) < 4.78 is 32.6.